The summed E-state index contributed by atoms with van der Waals surface area (Å²) in [5.74, 6) is 5.31. The Morgan fingerprint density at radius 1 is 1.00 bits per heavy atom. The number of hydrogen-bond acceptors (Lipinski definition) is 5. The Hall–Kier alpha value is -3.79. The van der Waals surface area contributed by atoms with Crippen molar-refractivity contribution in [3.63, 3.8) is 0 Å². The molecule has 2 rings (SSSR count). The van der Waals surface area contributed by atoms with Crippen molar-refractivity contribution in [3.8, 4) is 5.75 Å². The quantitative estimate of drug-likeness (QED) is 0.152. The number of nitrogens with one attached hydrogen (secondary N) is 3. The largest absolute Gasteiger partial charge is 0.508 e. The number of guanidine groups is 1. The molecule has 0 radical (unpaired) electrons. The Kier molecular flexibility index (Phi) is 7.89. The van der Waals surface area contributed by atoms with Crippen molar-refractivity contribution >= 4 is 17.4 Å². The lowest BCUT2D eigenvalue weighted by atomic mass is 10.1. The molecule has 7 nitrogen and oxygen atoms in total. The molecule has 33 heavy (non-hydrogen) atoms. The summed E-state index contributed by atoms with van der Waals surface area (Å²) in [6.45, 7) is 9.35. The summed E-state index contributed by atoms with van der Waals surface area (Å²) in [6.07, 6.45) is -2.93. The van der Waals surface area contributed by atoms with Crippen LogP contribution in [0.4, 0.5) is 13.2 Å². The maximum Gasteiger partial charge on any atom is 0.416 e. The molecule has 1 amide bonds. The van der Waals surface area contributed by atoms with Gasteiger partial charge in [-0.2, -0.15) is 13.2 Å². The Morgan fingerprint density at radius 2 is 1.55 bits per heavy atom. The third kappa shape index (κ3) is 8.00. The number of phenols is 1. The number of amides is 1. The number of aliphatic imine (C=N–C) groups is 1. The number of hydrazine groups is 1. The van der Waals surface area contributed by atoms with Gasteiger partial charge in [0, 0.05) is 5.56 Å². The van der Waals surface area contributed by atoms with E-state index in [1.165, 1.54) is 12.1 Å². The van der Waals surface area contributed by atoms with Crippen LogP contribution in [-0.2, 0) is 6.18 Å². The smallest absolute Gasteiger partial charge is 0.416 e. The van der Waals surface area contributed by atoms with E-state index in [4.69, 9.17) is 5.84 Å². The first-order chi connectivity index (χ1) is 15.3. The van der Waals surface area contributed by atoms with Crippen molar-refractivity contribution in [3.05, 3.63) is 83.7 Å². The van der Waals surface area contributed by atoms with E-state index in [9.17, 15) is 23.1 Å². The normalized spacial score (nSPS) is 12.8. The highest BCUT2D eigenvalue weighted by Gasteiger charge is 2.30. The van der Waals surface area contributed by atoms with Gasteiger partial charge in [-0.05, 0) is 74.4 Å². The van der Waals surface area contributed by atoms with Crippen LogP contribution in [0.25, 0.3) is 5.57 Å². The highest BCUT2D eigenvalue weighted by molar-refractivity contribution is 6.06. The molecule has 0 bridgehead atoms. The molecule has 0 atom stereocenters. The number of phenolic OH excluding ortho intramolecular Hbond substituents is 1. The summed E-state index contributed by atoms with van der Waals surface area (Å²) in [6, 6.07) is 10.2. The van der Waals surface area contributed by atoms with Crippen LogP contribution in [0.5, 0.6) is 5.75 Å². The molecule has 0 spiro atoms. The molecule has 0 heterocycles. The Labute approximate surface area is 189 Å². The minimum atomic E-state index is -4.50. The average molecular weight is 461 g/mol. The number of aromatic hydroxyl groups is 1. The fourth-order valence-electron chi connectivity index (χ4n) is 2.59. The van der Waals surface area contributed by atoms with Crippen molar-refractivity contribution in [2.24, 2.45) is 10.8 Å². The van der Waals surface area contributed by atoms with Crippen molar-refractivity contribution in [1.29, 1.82) is 0 Å². The van der Waals surface area contributed by atoms with Gasteiger partial charge in [-0.1, -0.05) is 18.7 Å². The molecule has 2 aromatic carbocycles. The number of hydrogen-bond donors (Lipinski definition) is 5. The number of nitrogens with two attached hydrogens (primary N) is 1. The van der Waals surface area contributed by atoms with Gasteiger partial charge < -0.3 is 15.8 Å². The minimum absolute atomic E-state index is 0.0196. The van der Waals surface area contributed by atoms with Crippen LogP contribution in [0.15, 0.2) is 72.0 Å². The van der Waals surface area contributed by atoms with Gasteiger partial charge in [0.15, 0.2) is 0 Å². The van der Waals surface area contributed by atoms with Crippen LogP contribution in [0.3, 0.4) is 0 Å². The van der Waals surface area contributed by atoms with Crippen molar-refractivity contribution < 1.29 is 23.1 Å². The third-order valence-corrected chi connectivity index (χ3v) is 4.12. The number of rotatable bonds is 5. The Morgan fingerprint density at radius 3 is 2.03 bits per heavy atom. The number of halogens is 3. The summed E-state index contributed by atoms with van der Waals surface area (Å²) in [4.78, 5) is 17.0. The summed E-state index contributed by atoms with van der Waals surface area (Å²) < 4.78 is 38.3. The molecule has 0 unspecified atom stereocenters. The second-order valence-electron chi connectivity index (χ2n) is 8.06. The molecule has 0 aliphatic carbocycles. The minimum Gasteiger partial charge on any atom is -0.508 e. The lowest BCUT2D eigenvalue weighted by Crippen LogP contribution is -2.46. The first-order valence-electron chi connectivity index (χ1n) is 9.80. The SMILES string of the molecule is C=C(/C=C(\NN)NC(=NC(C)(C)C)NC(=O)c1ccc(C(F)(F)F)cc1)c1ccc(O)cc1. The lowest BCUT2D eigenvalue weighted by molar-refractivity contribution is -0.137. The van der Waals surface area contributed by atoms with Crippen molar-refractivity contribution in [2.45, 2.75) is 32.5 Å². The Bertz CT molecular complexity index is 1050. The zero-order valence-electron chi connectivity index (χ0n) is 18.4. The molecule has 176 valence electrons. The van der Waals surface area contributed by atoms with Gasteiger partial charge in [0.05, 0.1) is 11.1 Å². The molecule has 0 aliphatic rings. The number of nitrogens with zero attached hydrogens (tertiary/aromatic N) is 1. The molecule has 2 aromatic rings. The summed E-state index contributed by atoms with van der Waals surface area (Å²) >= 11 is 0. The standard InChI is InChI=1S/C23H26F3N5O2/c1-14(15-7-11-18(32)12-8-15)13-19(31-27)28-21(30-22(2,3)4)29-20(33)16-5-9-17(10-6-16)23(24,25)26/h5-13,31-32H,1,27H2,2-4H3,(H2,28,29,30,33)/b19-13-. The van der Waals surface area contributed by atoms with E-state index < -0.39 is 23.2 Å². The van der Waals surface area contributed by atoms with Crippen LogP contribution in [0.2, 0.25) is 0 Å². The van der Waals surface area contributed by atoms with Gasteiger partial charge in [-0.15, -0.1) is 0 Å². The number of carbonyl (C=O) groups excluding carboxylic acids is 1. The second kappa shape index (κ2) is 10.2. The summed E-state index contributed by atoms with van der Waals surface area (Å²) in [5.41, 5.74) is 2.26. The van der Waals surface area contributed by atoms with E-state index in [2.05, 4.69) is 27.6 Å². The number of carbonyl (C=O) groups is 1. The predicted octanol–water partition coefficient (Wildman–Crippen LogP) is 3.90. The fraction of sp³-hybridized carbons (Fsp3) is 0.217. The van der Waals surface area contributed by atoms with Gasteiger partial charge in [0.2, 0.25) is 5.96 Å². The highest BCUT2D eigenvalue weighted by atomic mass is 19.4. The van der Waals surface area contributed by atoms with Gasteiger partial charge in [0.25, 0.3) is 5.91 Å². The topological polar surface area (TPSA) is 112 Å². The van der Waals surface area contributed by atoms with Gasteiger partial charge in [0.1, 0.15) is 11.6 Å². The molecule has 6 N–H and O–H groups in total. The van der Waals surface area contributed by atoms with E-state index in [1.54, 1.807) is 39.0 Å². The molecular weight excluding hydrogens is 435 g/mol. The molecule has 0 aromatic heterocycles. The molecule has 0 saturated heterocycles. The Balaban J connectivity index is 2.24. The van der Waals surface area contributed by atoms with E-state index in [-0.39, 0.29) is 23.1 Å². The summed E-state index contributed by atoms with van der Waals surface area (Å²) in [5, 5.41) is 14.8. The molecule has 0 fully saturated rings. The average Bonchev–Trinajstić information content (AvgIpc) is 2.71. The van der Waals surface area contributed by atoms with E-state index >= 15 is 0 Å². The van der Waals surface area contributed by atoms with Gasteiger partial charge in [-0.3, -0.25) is 10.1 Å². The van der Waals surface area contributed by atoms with Crippen LogP contribution >= 0.6 is 0 Å². The molecular formula is C23H26F3N5O2. The molecule has 0 aliphatic heterocycles. The second-order valence-corrected chi connectivity index (χ2v) is 8.06. The van der Waals surface area contributed by atoms with Crippen LogP contribution < -0.4 is 21.9 Å². The first-order valence-corrected chi connectivity index (χ1v) is 9.80. The van der Waals surface area contributed by atoms with Crippen molar-refractivity contribution in [1.82, 2.24) is 16.1 Å². The fourth-order valence-corrected chi connectivity index (χ4v) is 2.59. The van der Waals surface area contributed by atoms with Crippen molar-refractivity contribution in [2.75, 3.05) is 0 Å². The zero-order chi connectivity index (χ0) is 24.8. The van der Waals surface area contributed by atoms with Gasteiger partial charge >= 0.3 is 6.18 Å². The maximum absolute atomic E-state index is 12.8. The van der Waals surface area contributed by atoms with E-state index in [0.717, 1.165) is 24.3 Å². The van der Waals surface area contributed by atoms with Crippen LogP contribution in [0.1, 0.15) is 42.3 Å². The highest BCUT2D eigenvalue weighted by Crippen LogP contribution is 2.29. The van der Waals surface area contributed by atoms with E-state index in [1.807, 2.05) is 0 Å². The molecule has 0 saturated carbocycles. The third-order valence-electron chi connectivity index (χ3n) is 4.12. The number of allylic oxidation sites excluding steroid dienone is 2. The number of alkyl halides is 3. The first kappa shape index (κ1) is 25.5. The predicted molar refractivity (Wildman–Crippen MR) is 122 cm³/mol. The number of benzene rings is 2. The molecule has 10 heteroatoms. The van der Waals surface area contributed by atoms with Crippen LogP contribution in [0, 0.1) is 0 Å². The van der Waals surface area contributed by atoms with Crippen LogP contribution in [-0.4, -0.2) is 22.5 Å². The zero-order valence-corrected chi connectivity index (χ0v) is 18.4. The lowest BCUT2D eigenvalue weighted by Gasteiger charge is -2.19. The van der Waals surface area contributed by atoms with Gasteiger partial charge in [-0.25, -0.2) is 10.8 Å². The maximum atomic E-state index is 12.8. The monoisotopic (exact) mass is 461 g/mol. The summed E-state index contributed by atoms with van der Waals surface area (Å²) in [7, 11) is 0. The van der Waals surface area contributed by atoms with E-state index in [0.29, 0.717) is 11.1 Å².